The number of nitrogens with zero attached hydrogens (tertiary/aromatic N) is 4. The SMILES string of the molecule is COC(=O)c1ccc(NC(=O)c2cnn(-c3cccc4ncccc34)c2C(F)(F)F)cc1C#N. The van der Waals surface area contributed by atoms with Gasteiger partial charge in [0.05, 0.1) is 41.2 Å². The van der Waals surface area contributed by atoms with Crippen molar-refractivity contribution in [3.05, 3.63) is 83.3 Å². The van der Waals surface area contributed by atoms with E-state index in [-0.39, 0.29) is 22.5 Å². The normalized spacial score (nSPS) is 11.1. The molecule has 2 aromatic heterocycles. The number of anilines is 1. The van der Waals surface area contributed by atoms with Crippen LogP contribution in [-0.4, -0.2) is 33.8 Å². The summed E-state index contributed by atoms with van der Waals surface area (Å²) < 4.78 is 47.5. The minimum atomic E-state index is -4.92. The van der Waals surface area contributed by atoms with E-state index in [1.807, 2.05) is 0 Å². The minimum absolute atomic E-state index is 0.0180. The molecule has 11 heteroatoms. The van der Waals surface area contributed by atoms with Crippen LogP contribution in [0.15, 0.2) is 60.9 Å². The van der Waals surface area contributed by atoms with Gasteiger partial charge in [-0.3, -0.25) is 9.78 Å². The molecule has 2 heterocycles. The number of hydrogen-bond donors (Lipinski definition) is 1. The molecule has 0 bridgehead atoms. The molecular weight excluding hydrogens is 451 g/mol. The van der Waals surface area contributed by atoms with E-state index < -0.39 is 29.3 Å². The summed E-state index contributed by atoms with van der Waals surface area (Å²) in [6.07, 6.45) is -2.58. The van der Waals surface area contributed by atoms with Crippen molar-refractivity contribution in [2.24, 2.45) is 0 Å². The van der Waals surface area contributed by atoms with Gasteiger partial charge in [-0.1, -0.05) is 6.07 Å². The number of nitrogens with one attached hydrogen (secondary N) is 1. The number of pyridine rings is 1. The van der Waals surface area contributed by atoms with Crippen LogP contribution in [-0.2, 0) is 10.9 Å². The molecule has 0 aliphatic rings. The number of rotatable bonds is 4. The summed E-state index contributed by atoms with van der Waals surface area (Å²) in [6, 6.07) is 13.3. The highest BCUT2D eigenvalue weighted by Crippen LogP contribution is 2.35. The number of fused-ring (bicyclic) bond motifs is 1. The Kier molecular flexibility index (Phi) is 5.73. The molecule has 4 aromatic rings. The minimum Gasteiger partial charge on any atom is -0.465 e. The third kappa shape index (κ3) is 4.04. The van der Waals surface area contributed by atoms with Gasteiger partial charge in [0.2, 0.25) is 0 Å². The predicted molar refractivity (Wildman–Crippen MR) is 114 cm³/mol. The molecule has 0 saturated heterocycles. The second kappa shape index (κ2) is 8.67. The number of carbonyl (C=O) groups excluding carboxylic acids is 2. The Balaban J connectivity index is 1.76. The standard InChI is InChI=1S/C23H14F3N5O3/c1-34-22(33)15-8-7-14(10-13(15)11-27)30-21(32)17-12-29-31(20(17)23(24,25)26)19-6-2-5-18-16(19)4-3-9-28-18/h2-10,12H,1H3,(H,30,32). The monoisotopic (exact) mass is 465 g/mol. The maximum atomic E-state index is 14.1. The average Bonchev–Trinajstić information content (AvgIpc) is 3.29. The summed E-state index contributed by atoms with van der Waals surface area (Å²) >= 11 is 0. The Hall–Kier alpha value is -4.72. The smallest absolute Gasteiger partial charge is 0.434 e. The lowest BCUT2D eigenvalue weighted by atomic mass is 10.1. The third-order valence-electron chi connectivity index (χ3n) is 4.94. The fraction of sp³-hybridized carbons (Fsp3) is 0.0870. The molecule has 8 nitrogen and oxygen atoms in total. The van der Waals surface area contributed by atoms with Gasteiger partial charge in [-0.2, -0.15) is 23.5 Å². The summed E-state index contributed by atoms with van der Waals surface area (Å²) in [5.41, 5.74) is -1.56. The zero-order valence-electron chi connectivity index (χ0n) is 17.4. The Morgan fingerprint density at radius 1 is 1.12 bits per heavy atom. The zero-order valence-corrected chi connectivity index (χ0v) is 17.4. The average molecular weight is 465 g/mol. The summed E-state index contributed by atoms with van der Waals surface area (Å²) in [6.45, 7) is 0. The highest BCUT2D eigenvalue weighted by molar-refractivity contribution is 6.05. The molecule has 2 aromatic carbocycles. The van der Waals surface area contributed by atoms with Gasteiger partial charge in [0.25, 0.3) is 5.91 Å². The van der Waals surface area contributed by atoms with Gasteiger partial charge < -0.3 is 10.1 Å². The molecule has 0 saturated carbocycles. The van der Waals surface area contributed by atoms with E-state index in [1.165, 1.54) is 24.4 Å². The number of halogens is 3. The van der Waals surface area contributed by atoms with E-state index in [1.54, 1.807) is 30.3 Å². The maximum Gasteiger partial charge on any atom is 0.434 e. The fourth-order valence-corrected chi connectivity index (χ4v) is 3.44. The van der Waals surface area contributed by atoms with Crippen molar-refractivity contribution >= 4 is 28.5 Å². The summed E-state index contributed by atoms with van der Waals surface area (Å²) in [5.74, 6) is -1.86. The quantitative estimate of drug-likeness (QED) is 0.449. The van der Waals surface area contributed by atoms with E-state index in [4.69, 9.17) is 0 Å². The largest absolute Gasteiger partial charge is 0.465 e. The van der Waals surface area contributed by atoms with Crippen molar-refractivity contribution in [3.8, 4) is 11.8 Å². The maximum absolute atomic E-state index is 14.1. The van der Waals surface area contributed by atoms with Crippen LogP contribution < -0.4 is 5.32 Å². The molecule has 170 valence electrons. The van der Waals surface area contributed by atoms with Gasteiger partial charge in [0.1, 0.15) is 6.07 Å². The van der Waals surface area contributed by atoms with Gasteiger partial charge in [-0.25, -0.2) is 9.48 Å². The number of alkyl halides is 3. The van der Waals surface area contributed by atoms with E-state index >= 15 is 0 Å². The van der Waals surface area contributed by atoms with Crippen molar-refractivity contribution in [2.75, 3.05) is 12.4 Å². The molecule has 1 amide bonds. The Labute approximate surface area is 190 Å². The Morgan fingerprint density at radius 2 is 1.91 bits per heavy atom. The Bertz CT molecular complexity index is 1470. The van der Waals surface area contributed by atoms with Crippen LogP contribution in [0.1, 0.15) is 32.0 Å². The lowest BCUT2D eigenvalue weighted by Crippen LogP contribution is -2.21. The molecule has 0 spiro atoms. The van der Waals surface area contributed by atoms with Gasteiger partial charge in [0, 0.05) is 17.3 Å². The van der Waals surface area contributed by atoms with Crippen LogP contribution >= 0.6 is 0 Å². The highest BCUT2D eigenvalue weighted by Gasteiger charge is 2.41. The molecule has 0 aliphatic carbocycles. The topological polar surface area (TPSA) is 110 Å². The first kappa shape index (κ1) is 22.5. The molecule has 0 aliphatic heterocycles. The Morgan fingerprint density at radius 3 is 2.62 bits per heavy atom. The summed E-state index contributed by atoms with van der Waals surface area (Å²) in [4.78, 5) is 28.7. The van der Waals surface area contributed by atoms with E-state index in [0.29, 0.717) is 15.6 Å². The van der Waals surface area contributed by atoms with E-state index in [2.05, 4.69) is 20.1 Å². The molecule has 4 rings (SSSR count). The molecule has 34 heavy (non-hydrogen) atoms. The molecular formula is C23H14F3N5O3. The van der Waals surface area contributed by atoms with Gasteiger partial charge in [-0.15, -0.1) is 0 Å². The number of nitriles is 1. The van der Waals surface area contributed by atoms with Crippen molar-refractivity contribution in [3.63, 3.8) is 0 Å². The van der Waals surface area contributed by atoms with Gasteiger partial charge in [-0.05, 0) is 42.5 Å². The van der Waals surface area contributed by atoms with Crippen molar-refractivity contribution in [1.29, 1.82) is 5.26 Å². The van der Waals surface area contributed by atoms with E-state index in [0.717, 1.165) is 19.4 Å². The number of methoxy groups -OCH3 is 1. The second-order valence-corrected chi connectivity index (χ2v) is 6.98. The number of carbonyl (C=O) groups is 2. The van der Waals surface area contributed by atoms with Crippen LogP contribution in [0.25, 0.3) is 16.6 Å². The summed E-state index contributed by atoms with van der Waals surface area (Å²) in [7, 11) is 1.14. The molecule has 0 atom stereocenters. The summed E-state index contributed by atoms with van der Waals surface area (Å²) in [5, 5.41) is 15.9. The molecule has 0 radical (unpaired) electrons. The van der Waals surface area contributed by atoms with E-state index in [9.17, 15) is 28.0 Å². The van der Waals surface area contributed by atoms with Crippen molar-refractivity contribution in [2.45, 2.75) is 6.18 Å². The van der Waals surface area contributed by atoms with Gasteiger partial charge >= 0.3 is 12.1 Å². The predicted octanol–water partition coefficient (Wildman–Crippen LogP) is 4.35. The first-order chi connectivity index (χ1) is 16.2. The number of amides is 1. The van der Waals surface area contributed by atoms with Crippen LogP contribution in [0.2, 0.25) is 0 Å². The lowest BCUT2D eigenvalue weighted by molar-refractivity contribution is -0.143. The molecule has 1 N–H and O–H groups in total. The lowest BCUT2D eigenvalue weighted by Gasteiger charge is -2.14. The van der Waals surface area contributed by atoms with Crippen LogP contribution in [0.3, 0.4) is 0 Å². The van der Waals surface area contributed by atoms with Crippen LogP contribution in [0.5, 0.6) is 0 Å². The highest BCUT2D eigenvalue weighted by atomic mass is 19.4. The number of hydrogen-bond acceptors (Lipinski definition) is 6. The number of benzene rings is 2. The first-order valence-corrected chi connectivity index (χ1v) is 9.67. The number of ether oxygens (including phenoxy) is 1. The number of aromatic nitrogens is 3. The zero-order chi connectivity index (χ0) is 24.5. The van der Waals surface area contributed by atoms with Crippen molar-refractivity contribution < 1.29 is 27.5 Å². The second-order valence-electron chi connectivity index (χ2n) is 6.98. The first-order valence-electron chi connectivity index (χ1n) is 9.67. The molecule has 0 fully saturated rings. The van der Waals surface area contributed by atoms with Crippen LogP contribution in [0.4, 0.5) is 18.9 Å². The van der Waals surface area contributed by atoms with Crippen molar-refractivity contribution in [1.82, 2.24) is 14.8 Å². The van der Waals surface area contributed by atoms with Crippen LogP contribution in [0, 0.1) is 11.3 Å². The molecule has 0 unspecified atom stereocenters. The fourth-order valence-electron chi connectivity index (χ4n) is 3.44. The number of esters is 1. The van der Waals surface area contributed by atoms with Gasteiger partial charge in [0.15, 0.2) is 5.69 Å². The third-order valence-corrected chi connectivity index (χ3v) is 4.94.